The van der Waals surface area contributed by atoms with Gasteiger partial charge in [-0.2, -0.15) is 9.78 Å². The van der Waals surface area contributed by atoms with E-state index in [1.165, 1.54) is 0 Å². The molecule has 0 amide bonds. The van der Waals surface area contributed by atoms with Crippen LogP contribution in [-0.2, 0) is 0 Å². The Labute approximate surface area is 167 Å². The minimum atomic E-state index is -0.388. The average molecular weight is 436 g/mol. The molecule has 2 aromatic heterocycles. The summed E-state index contributed by atoms with van der Waals surface area (Å²) in [5.74, 6) is 0.409. The summed E-state index contributed by atoms with van der Waals surface area (Å²) in [6.45, 7) is 2.03. The Balaban J connectivity index is 1.81. The summed E-state index contributed by atoms with van der Waals surface area (Å²) < 4.78 is 2.63. The van der Waals surface area contributed by atoms with E-state index < -0.39 is 0 Å². The Morgan fingerprint density at radius 2 is 1.82 bits per heavy atom. The van der Waals surface area contributed by atoms with Crippen molar-refractivity contribution in [2.75, 3.05) is 5.32 Å². The lowest BCUT2D eigenvalue weighted by Crippen LogP contribution is -2.29. The predicted molar refractivity (Wildman–Crippen MR) is 108 cm³/mol. The number of H-pyrrole nitrogens is 1. The van der Waals surface area contributed by atoms with Crippen LogP contribution in [-0.4, -0.2) is 30.4 Å². The topological polar surface area (TPSA) is 101 Å². The van der Waals surface area contributed by atoms with Gasteiger partial charge in [0.15, 0.2) is 0 Å². The van der Waals surface area contributed by atoms with E-state index >= 15 is 0 Å². The highest BCUT2D eigenvalue weighted by Crippen LogP contribution is 2.41. The van der Waals surface area contributed by atoms with Crippen molar-refractivity contribution in [2.45, 2.75) is 13.0 Å². The molecule has 4 aromatic rings. The highest BCUT2D eigenvalue weighted by Gasteiger charge is 2.34. The highest BCUT2D eigenvalue weighted by atomic mass is 79.9. The van der Waals surface area contributed by atoms with Gasteiger partial charge in [-0.15, -0.1) is 0 Å². The maximum atomic E-state index is 12.6. The Morgan fingerprint density at radius 3 is 2.57 bits per heavy atom. The molecular formula is C19H14BrN7O. The van der Waals surface area contributed by atoms with E-state index in [-0.39, 0.29) is 11.6 Å². The van der Waals surface area contributed by atoms with Crippen LogP contribution in [0, 0.1) is 6.92 Å². The number of aryl methyl sites for hydroxylation is 1. The van der Waals surface area contributed by atoms with Crippen molar-refractivity contribution in [3.05, 3.63) is 80.0 Å². The SMILES string of the molecule is Cc1ccc(-c2n[nH]c(=O)c3c2[C@H](c2ccc(Br)cc2)n2nnnc2N3)cc1. The quantitative estimate of drug-likeness (QED) is 0.441. The second kappa shape index (κ2) is 6.38. The van der Waals surface area contributed by atoms with E-state index in [0.29, 0.717) is 17.3 Å². The number of tetrazole rings is 1. The molecule has 0 saturated carbocycles. The molecule has 0 saturated heterocycles. The van der Waals surface area contributed by atoms with Crippen LogP contribution < -0.4 is 10.9 Å². The molecule has 2 aromatic carbocycles. The average Bonchev–Trinajstić information content (AvgIpc) is 3.17. The fraction of sp³-hybridized carbons (Fsp3) is 0.105. The number of rotatable bonds is 2. The van der Waals surface area contributed by atoms with Crippen LogP contribution in [0.3, 0.4) is 0 Å². The molecule has 0 spiro atoms. The molecule has 0 bridgehead atoms. The summed E-state index contributed by atoms with van der Waals surface area (Å²) in [7, 11) is 0. The van der Waals surface area contributed by atoms with Gasteiger partial charge < -0.3 is 5.32 Å². The van der Waals surface area contributed by atoms with Gasteiger partial charge in [-0.1, -0.05) is 63.0 Å². The van der Waals surface area contributed by atoms with Gasteiger partial charge in [0.05, 0.1) is 5.69 Å². The van der Waals surface area contributed by atoms with Crippen molar-refractivity contribution >= 4 is 27.6 Å². The zero-order valence-electron chi connectivity index (χ0n) is 14.7. The number of fused-ring (bicyclic) bond motifs is 2. The monoisotopic (exact) mass is 435 g/mol. The standard InChI is InChI=1S/C19H14BrN7O/c1-10-2-4-11(5-3-10)15-14-16(18(28)23-22-15)21-19-24-25-26-27(19)17(14)12-6-8-13(20)9-7-12/h2-9,17H,1H3,(H,23,28)(H,21,24,26)/t17-/m0/s1. The first-order valence-electron chi connectivity index (χ1n) is 8.62. The molecule has 5 rings (SSSR count). The van der Waals surface area contributed by atoms with E-state index in [2.05, 4.69) is 47.0 Å². The first kappa shape index (κ1) is 16.8. The third kappa shape index (κ3) is 2.63. The van der Waals surface area contributed by atoms with Gasteiger partial charge in [-0.05, 0) is 35.0 Å². The Morgan fingerprint density at radius 1 is 1.07 bits per heavy atom. The fourth-order valence-electron chi connectivity index (χ4n) is 3.42. The number of anilines is 2. The minimum Gasteiger partial charge on any atom is -0.318 e. The van der Waals surface area contributed by atoms with Gasteiger partial charge in [-0.25, -0.2) is 5.10 Å². The normalized spacial score (nSPS) is 14.9. The second-order valence-electron chi connectivity index (χ2n) is 6.58. The number of nitrogens with zero attached hydrogens (tertiary/aromatic N) is 5. The molecule has 0 unspecified atom stereocenters. The van der Waals surface area contributed by atoms with Crippen LogP contribution >= 0.6 is 15.9 Å². The van der Waals surface area contributed by atoms with E-state index in [4.69, 9.17) is 0 Å². The van der Waals surface area contributed by atoms with Crippen molar-refractivity contribution in [1.82, 2.24) is 30.4 Å². The van der Waals surface area contributed by atoms with Gasteiger partial charge >= 0.3 is 0 Å². The lowest BCUT2D eigenvalue weighted by molar-refractivity contribution is 0.567. The summed E-state index contributed by atoms with van der Waals surface area (Å²) in [5, 5.41) is 22.0. The molecule has 1 atom stereocenters. The van der Waals surface area contributed by atoms with Crippen molar-refractivity contribution in [3.63, 3.8) is 0 Å². The van der Waals surface area contributed by atoms with Crippen molar-refractivity contribution in [1.29, 1.82) is 0 Å². The molecule has 1 aliphatic heterocycles. The van der Waals surface area contributed by atoms with E-state index in [1.807, 2.05) is 55.5 Å². The number of hydrogen-bond acceptors (Lipinski definition) is 6. The zero-order chi connectivity index (χ0) is 19.3. The smallest absolute Gasteiger partial charge is 0.288 e. The number of hydrogen-bond donors (Lipinski definition) is 2. The predicted octanol–water partition coefficient (Wildman–Crippen LogP) is 3.19. The van der Waals surface area contributed by atoms with Gasteiger partial charge in [-0.3, -0.25) is 4.79 Å². The molecule has 138 valence electrons. The zero-order valence-corrected chi connectivity index (χ0v) is 16.3. The van der Waals surface area contributed by atoms with Crippen molar-refractivity contribution in [3.8, 4) is 11.3 Å². The summed E-state index contributed by atoms with van der Waals surface area (Å²) in [5.41, 5.74) is 4.49. The fourth-order valence-corrected chi connectivity index (χ4v) is 3.69. The lowest BCUT2D eigenvalue weighted by atomic mass is 9.92. The number of nitrogens with one attached hydrogen (secondary N) is 2. The largest absolute Gasteiger partial charge is 0.318 e. The number of aromatic amines is 1. The van der Waals surface area contributed by atoms with Gasteiger partial charge in [0.25, 0.3) is 5.56 Å². The maximum Gasteiger partial charge on any atom is 0.288 e. The third-order valence-corrected chi connectivity index (χ3v) is 5.31. The first-order valence-corrected chi connectivity index (χ1v) is 9.41. The Hall–Kier alpha value is -3.33. The molecule has 0 aliphatic carbocycles. The second-order valence-corrected chi connectivity index (χ2v) is 7.50. The summed E-state index contributed by atoms with van der Waals surface area (Å²) in [6.07, 6.45) is 0. The van der Waals surface area contributed by atoms with Crippen LogP contribution in [0.15, 0.2) is 57.8 Å². The maximum absolute atomic E-state index is 12.6. The lowest BCUT2D eigenvalue weighted by Gasteiger charge is -2.27. The molecule has 9 heteroatoms. The van der Waals surface area contributed by atoms with Gasteiger partial charge in [0.1, 0.15) is 11.7 Å². The molecule has 28 heavy (non-hydrogen) atoms. The van der Waals surface area contributed by atoms with Crippen LogP contribution in [0.1, 0.15) is 22.7 Å². The van der Waals surface area contributed by atoms with Crippen LogP contribution in [0.25, 0.3) is 11.3 Å². The number of aromatic nitrogens is 6. The van der Waals surface area contributed by atoms with Crippen molar-refractivity contribution in [2.24, 2.45) is 0 Å². The highest BCUT2D eigenvalue weighted by molar-refractivity contribution is 9.10. The van der Waals surface area contributed by atoms with Crippen LogP contribution in [0.5, 0.6) is 0 Å². The molecule has 1 aliphatic rings. The van der Waals surface area contributed by atoms with Crippen LogP contribution in [0.4, 0.5) is 11.6 Å². The Kier molecular flexibility index (Phi) is 3.83. The third-order valence-electron chi connectivity index (χ3n) is 4.78. The number of benzene rings is 2. The van der Waals surface area contributed by atoms with Crippen LogP contribution in [0.2, 0.25) is 0 Å². The molecule has 8 nitrogen and oxygen atoms in total. The molecular weight excluding hydrogens is 422 g/mol. The van der Waals surface area contributed by atoms with Crippen molar-refractivity contribution < 1.29 is 0 Å². The van der Waals surface area contributed by atoms with Gasteiger partial charge in [0.2, 0.25) is 5.95 Å². The molecule has 0 radical (unpaired) electrons. The number of halogens is 1. The Bertz CT molecular complexity index is 1230. The first-order chi connectivity index (χ1) is 13.6. The molecule has 0 fully saturated rings. The molecule has 2 N–H and O–H groups in total. The van der Waals surface area contributed by atoms with E-state index in [0.717, 1.165) is 26.7 Å². The van der Waals surface area contributed by atoms with Gasteiger partial charge in [0, 0.05) is 15.6 Å². The summed E-state index contributed by atoms with van der Waals surface area (Å²) >= 11 is 3.47. The van der Waals surface area contributed by atoms with E-state index in [1.54, 1.807) is 4.68 Å². The van der Waals surface area contributed by atoms with E-state index in [9.17, 15) is 4.79 Å². The molecule has 3 heterocycles. The summed E-state index contributed by atoms with van der Waals surface area (Å²) in [6, 6.07) is 15.5. The summed E-state index contributed by atoms with van der Waals surface area (Å²) in [4.78, 5) is 12.6. The minimum absolute atomic E-state index is 0.317.